The van der Waals surface area contributed by atoms with E-state index >= 15 is 0 Å². The van der Waals surface area contributed by atoms with Gasteiger partial charge in [-0.2, -0.15) is 5.10 Å². The molecule has 0 aliphatic rings. The summed E-state index contributed by atoms with van der Waals surface area (Å²) < 4.78 is 29.1. The number of hydrogen-bond acceptors (Lipinski definition) is 9. The zero-order valence-electron chi connectivity index (χ0n) is 22.7. The fraction of sp³-hybridized carbons (Fsp3) is 0.414. The highest BCUT2D eigenvalue weighted by Crippen LogP contribution is 2.26. The molecular weight excluding hydrogens is 518 g/mol. The van der Waals surface area contributed by atoms with Crippen LogP contribution in [0.4, 0.5) is 0 Å². The van der Waals surface area contributed by atoms with E-state index in [2.05, 4.69) is 5.10 Å². The van der Waals surface area contributed by atoms with Crippen LogP contribution in [0, 0.1) is 0 Å². The number of carboxylic acid groups (broad SMARTS) is 1. The van der Waals surface area contributed by atoms with Crippen LogP contribution in [0.25, 0.3) is 11.1 Å². The standard InChI is InChI=1S/C29H37N3O8/c1-32-28(33)27(24-9-7-22(8-10-24)19-25(30)29(34)35)26(20-31-32)40-18-17-38-14-13-36-11-12-37-15-16-39-21-23-5-3-2-4-6-23/h2-10,20,25H,11-19,21,30H2,1H3,(H,34,35). The maximum atomic E-state index is 12.8. The first kappa shape index (κ1) is 30.9. The van der Waals surface area contributed by atoms with Crippen molar-refractivity contribution in [1.82, 2.24) is 9.78 Å². The summed E-state index contributed by atoms with van der Waals surface area (Å²) in [5.41, 5.74) is 8.17. The van der Waals surface area contributed by atoms with Gasteiger partial charge < -0.3 is 34.5 Å². The smallest absolute Gasteiger partial charge is 0.320 e. The lowest BCUT2D eigenvalue weighted by Crippen LogP contribution is -2.32. The molecule has 0 bridgehead atoms. The molecule has 40 heavy (non-hydrogen) atoms. The zero-order valence-corrected chi connectivity index (χ0v) is 22.7. The predicted octanol–water partition coefficient (Wildman–Crippen LogP) is 2.05. The maximum absolute atomic E-state index is 12.8. The van der Waals surface area contributed by atoms with Crippen LogP contribution in [-0.2, 0) is 43.8 Å². The highest BCUT2D eigenvalue weighted by atomic mass is 16.6. The molecule has 3 rings (SSSR count). The lowest BCUT2D eigenvalue weighted by Gasteiger charge is -2.13. The Labute approximate surface area is 233 Å². The second-order valence-corrected chi connectivity index (χ2v) is 8.88. The molecule has 11 nitrogen and oxygen atoms in total. The van der Waals surface area contributed by atoms with Gasteiger partial charge in [0.25, 0.3) is 5.56 Å². The van der Waals surface area contributed by atoms with Crippen molar-refractivity contribution in [2.24, 2.45) is 12.8 Å². The van der Waals surface area contributed by atoms with Crippen LogP contribution in [0.1, 0.15) is 11.1 Å². The Kier molecular flexibility index (Phi) is 13.3. The normalized spacial score (nSPS) is 11.8. The maximum Gasteiger partial charge on any atom is 0.320 e. The minimum atomic E-state index is -1.07. The van der Waals surface area contributed by atoms with Crippen LogP contribution < -0.4 is 16.0 Å². The van der Waals surface area contributed by atoms with E-state index in [4.69, 9.17) is 34.5 Å². The quantitative estimate of drug-likeness (QED) is 0.211. The first-order chi connectivity index (χ1) is 19.5. The second kappa shape index (κ2) is 17.2. The molecule has 0 saturated heterocycles. The number of nitrogens with zero attached hydrogens (tertiary/aromatic N) is 2. The third kappa shape index (κ3) is 10.5. The van der Waals surface area contributed by atoms with Gasteiger partial charge in [0.05, 0.1) is 64.6 Å². The van der Waals surface area contributed by atoms with Crippen molar-refractivity contribution in [1.29, 1.82) is 0 Å². The molecule has 3 aromatic rings. The van der Waals surface area contributed by atoms with Crippen LogP contribution in [0.3, 0.4) is 0 Å². The van der Waals surface area contributed by atoms with Crippen molar-refractivity contribution in [3.8, 4) is 16.9 Å². The molecule has 1 atom stereocenters. The number of carbonyl (C=O) groups is 1. The Bertz CT molecular complexity index is 1220. The number of rotatable bonds is 19. The Morgan fingerprint density at radius 1 is 0.850 bits per heavy atom. The Morgan fingerprint density at radius 2 is 1.43 bits per heavy atom. The lowest BCUT2D eigenvalue weighted by atomic mass is 10.0. The van der Waals surface area contributed by atoms with Gasteiger partial charge in [-0.15, -0.1) is 0 Å². The predicted molar refractivity (Wildman–Crippen MR) is 148 cm³/mol. The topological polar surface area (TPSA) is 144 Å². The van der Waals surface area contributed by atoms with Gasteiger partial charge in [-0.05, 0) is 23.1 Å². The van der Waals surface area contributed by atoms with Gasteiger partial charge in [0.15, 0.2) is 5.75 Å². The number of carboxylic acids is 1. The number of benzene rings is 2. The van der Waals surface area contributed by atoms with Crippen LogP contribution in [0.2, 0.25) is 0 Å². The van der Waals surface area contributed by atoms with Crippen molar-refractivity contribution in [2.75, 3.05) is 52.9 Å². The van der Waals surface area contributed by atoms with Crippen LogP contribution in [0.5, 0.6) is 5.75 Å². The molecule has 216 valence electrons. The van der Waals surface area contributed by atoms with Crippen LogP contribution >= 0.6 is 0 Å². The van der Waals surface area contributed by atoms with E-state index in [-0.39, 0.29) is 18.6 Å². The third-order valence-electron chi connectivity index (χ3n) is 5.83. The van der Waals surface area contributed by atoms with Crippen molar-refractivity contribution in [2.45, 2.75) is 19.1 Å². The summed E-state index contributed by atoms with van der Waals surface area (Å²) >= 11 is 0. The number of aliphatic carboxylic acids is 1. The molecule has 0 aliphatic heterocycles. The van der Waals surface area contributed by atoms with E-state index in [9.17, 15) is 9.59 Å². The molecular formula is C29H37N3O8. The van der Waals surface area contributed by atoms with Gasteiger partial charge in [0, 0.05) is 7.05 Å². The molecule has 1 heterocycles. The summed E-state index contributed by atoms with van der Waals surface area (Å²) in [5.74, 6) is -0.732. The van der Waals surface area contributed by atoms with Gasteiger partial charge in [0.2, 0.25) is 0 Å². The average molecular weight is 556 g/mol. The first-order valence-electron chi connectivity index (χ1n) is 13.1. The van der Waals surface area contributed by atoms with E-state index in [0.717, 1.165) is 11.1 Å². The lowest BCUT2D eigenvalue weighted by molar-refractivity contribution is -0.138. The Balaban J connectivity index is 1.30. The molecule has 0 radical (unpaired) electrons. The van der Waals surface area contributed by atoms with Crippen molar-refractivity contribution >= 4 is 5.97 Å². The number of hydrogen-bond donors (Lipinski definition) is 2. The molecule has 0 fully saturated rings. The monoisotopic (exact) mass is 555 g/mol. The highest BCUT2D eigenvalue weighted by Gasteiger charge is 2.16. The van der Waals surface area contributed by atoms with Crippen molar-refractivity contribution in [3.63, 3.8) is 0 Å². The summed E-state index contributed by atoms with van der Waals surface area (Å²) in [5, 5.41) is 13.1. The van der Waals surface area contributed by atoms with E-state index in [1.54, 1.807) is 31.3 Å². The van der Waals surface area contributed by atoms with E-state index in [0.29, 0.717) is 69.7 Å². The average Bonchev–Trinajstić information content (AvgIpc) is 2.96. The van der Waals surface area contributed by atoms with Crippen molar-refractivity contribution < 1.29 is 33.6 Å². The number of nitrogens with two attached hydrogens (primary N) is 1. The summed E-state index contributed by atoms with van der Waals surface area (Å²) in [6, 6.07) is 16.0. The molecule has 0 saturated carbocycles. The van der Waals surface area contributed by atoms with E-state index in [1.807, 2.05) is 30.3 Å². The number of aryl methyl sites for hydroxylation is 1. The summed E-state index contributed by atoms with van der Waals surface area (Å²) in [7, 11) is 1.56. The largest absolute Gasteiger partial charge is 0.489 e. The minimum absolute atomic E-state index is 0.186. The Hall–Kier alpha value is -3.61. The first-order valence-corrected chi connectivity index (χ1v) is 13.1. The molecule has 0 spiro atoms. The summed E-state index contributed by atoms with van der Waals surface area (Å²) in [6.45, 7) is 3.88. The molecule has 2 aromatic carbocycles. The second-order valence-electron chi connectivity index (χ2n) is 8.88. The van der Waals surface area contributed by atoms with Gasteiger partial charge in [-0.25, -0.2) is 4.68 Å². The molecule has 0 amide bonds. The SMILES string of the molecule is Cn1ncc(OCCOCCOCCOCCOCc2ccccc2)c(-c2ccc(CC(N)C(=O)O)cc2)c1=O. The van der Waals surface area contributed by atoms with Gasteiger partial charge in [0.1, 0.15) is 12.6 Å². The van der Waals surface area contributed by atoms with Gasteiger partial charge in [-0.1, -0.05) is 54.6 Å². The van der Waals surface area contributed by atoms with Crippen LogP contribution in [-0.4, -0.2) is 79.8 Å². The minimum Gasteiger partial charge on any atom is -0.489 e. The fourth-order valence-corrected chi connectivity index (χ4v) is 3.68. The fourth-order valence-electron chi connectivity index (χ4n) is 3.68. The summed E-state index contributed by atoms with van der Waals surface area (Å²) in [4.78, 5) is 23.8. The number of ether oxygens (including phenoxy) is 5. The highest BCUT2D eigenvalue weighted by molar-refractivity contribution is 5.74. The third-order valence-corrected chi connectivity index (χ3v) is 5.83. The molecule has 1 aromatic heterocycles. The van der Waals surface area contributed by atoms with E-state index in [1.165, 1.54) is 10.9 Å². The molecule has 0 aliphatic carbocycles. The Morgan fingerprint density at radius 3 is 2.02 bits per heavy atom. The summed E-state index contributed by atoms with van der Waals surface area (Å²) in [6.07, 6.45) is 1.67. The van der Waals surface area contributed by atoms with Crippen LogP contribution in [0.15, 0.2) is 65.6 Å². The van der Waals surface area contributed by atoms with Crippen molar-refractivity contribution in [3.05, 3.63) is 82.3 Å². The van der Waals surface area contributed by atoms with Gasteiger partial charge in [-0.3, -0.25) is 9.59 Å². The molecule has 3 N–H and O–H groups in total. The number of aromatic nitrogens is 2. The van der Waals surface area contributed by atoms with Gasteiger partial charge >= 0.3 is 5.97 Å². The van der Waals surface area contributed by atoms with E-state index < -0.39 is 12.0 Å². The molecule has 1 unspecified atom stereocenters. The zero-order chi connectivity index (χ0) is 28.6. The molecule has 11 heteroatoms.